The molecule has 150 valence electrons. The number of sulfonamides is 1. The highest BCUT2D eigenvalue weighted by atomic mass is 32.2. The third-order valence-corrected chi connectivity index (χ3v) is 4.77. The number of amides is 2. The lowest BCUT2D eigenvalue weighted by atomic mass is 10.1. The fraction of sp³-hybridized carbons (Fsp3) is 0.294. The molecule has 0 heterocycles. The van der Waals surface area contributed by atoms with Crippen molar-refractivity contribution in [2.75, 3.05) is 21.1 Å². The van der Waals surface area contributed by atoms with Gasteiger partial charge in [0.1, 0.15) is 6.04 Å². The van der Waals surface area contributed by atoms with Crippen LogP contribution in [0.25, 0.3) is 10.8 Å². The van der Waals surface area contributed by atoms with Crippen molar-refractivity contribution in [1.82, 2.24) is 10.0 Å². The zero-order valence-electron chi connectivity index (χ0n) is 15.6. The summed E-state index contributed by atoms with van der Waals surface area (Å²) in [7, 11) is 0.378. The molecule has 2 amide bonds. The summed E-state index contributed by atoms with van der Waals surface area (Å²) in [6.45, 7) is 0. The molecule has 1 atom stereocenters. The molecule has 10 heteroatoms. The van der Waals surface area contributed by atoms with E-state index in [1.54, 1.807) is 18.2 Å². The van der Waals surface area contributed by atoms with Crippen molar-refractivity contribution in [2.45, 2.75) is 17.4 Å². The van der Waals surface area contributed by atoms with Gasteiger partial charge in [0.05, 0.1) is 11.3 Å². The van der Waals surface area contributed by atoms with Gasteiger partial charge in [-0.3, -0.25) is 9.59 Å². The van der Waals surface area contributed by atoms with Gasteiger partial charge in [-0.25, -0.2) is 8.42 Å². The Morgan fingerprint density at radius 1 is 1.00 bits per heavy atom. The molecule has 0 aliphatic rings. The SMILES string of the molecule is CN.CN.CNC(=O)[C@H](CC(N)=O)NS(=O)(=O)c1ccc2ccccc2c1. The molecule has 2 rings (SSSR count). The van der Waals surface area contributed by atoms with Crippen LogP contribution < -0.4 is 27.2 Å². The third kappa shape index (κ3) is 7.31. The van der Waals surface area contributed by atoms with Gasteiger partial charge >= 0.3 is 0 Å². The Balaban J connectivity index is 0.00000158. The topological polar surface area (TPSA) is 170 Å². The van der Waals surface area contributed by atoms with E-state index in [9.17, 15) is 18.0 Å². The van der Waals surface area contributed by atoms with Gasteiger partial charge in [-0.15, -0.1) is 0 Å². The highest BCUT2D eigenvalue weighted by Gasteiger charge is 2.26. The Hall–Kier alpha value is -2.53. The zero-order chi connectivity index (χ0) is 21.0. The van der Waals surface area contributed by atoms with E-state index in [0.29, 0.717) is 0 Å². The van der Waals surface area contributed by atoms with Gasteiger partial charge in [-0.2, -0.15) is 4.72 Å². The largest absolute Gasteiger partial charge is 0.370 e. The molecule has 0 saturated carbocycles. The Labute approximate surface area is 159 Å². The minimum Gasteiger partial charge on any atom is -0.370 e. The molecular formula is C17H27N5O4S. The van der Waals surface area contributed by atoms with Gasteiger partial charge in [0.25, 0.3) is 0 Å². The first kappa shape index (κ1) is 24.5. The number of hydrogen-bond acceptors (Lipinski definition) is 6. The maximum Gasteiger partial charge on any atom is 0.241 e. The number of fused-ring (bicyclic) bond motifs is 1. The van der Waals surface area contributed by atoms with Crippen LogP contribution in [0, 0.1) is 0 Å². The Bertz CT molecular complexity index is 855. The van der Waals surface area contributed by atoms with E-state index >= 15 is 0 Å². The third-order valence-electron chi connectivity index (χ3n) is 3.30. The summed E-state index contributed by atoms with van der Waals surface area (Å²) in [4.78, 5) is 22.8. The molecule has 0 unspecified atom stereocenters. The Morgan fingerprint density at radius 2 is 1.56 bits per heavy atom. The number of nitrogens with two attached hydrogens (primary N) is 3. The number of primary amides is 1. The molecule has 0 bridgehead atoms. The lowest BCUT2D eigenvalue weighted by molar-refractivity contribution is -0.126. The quantitative estimate of drug-likeness (QED) is 0.429. The number of benzene rings is 2. The summed E-state index contributed by atoms with van der Waals surface area (Å²) in [5.74, 6) is -1.41. The van der Waals surface area contributed by atoms with Crippen molar-refractivity contribution in [3.05, 3.63) is 42.5 Å². The second kappa shape index (κ2) is 12.0. The second-order valence-corrected chi connectivity index (χ2v) is 6.68. The number of carbonyl (C=O) groups excluding carboxylic acids is 2. The Morgan fingerprint density at radius 3 is 2.07 bits per heavy atom. The zero-order valence-corrected chi connectivity index (χ0v) is 16.4. The minimum absolute atomic E-state index is 0.00886. The van der Waals surface area contributed by atoms with Crippen LogP contribution >= 0.6 is 0 Å². The van der Waals surface area contributed by atoms with E-state index < -0.39 is 34.3 Å². The first-order valence-corrected chi connectivity index (χ1v) is 9.48. The van der Waals surface area contributed by atoms with Crippen LogP contribution in [0.4, 0.5) is 0 Å². The van der Waals surface area contributed by atoms with E-state index in [-0.39, 0.29) is 4.90 Å². The lowest BCUT2D eigenvalue weighted by Crippen LogP contribution is -2.47. The van der Waals surface area contributed by atoms with Gasteiger partial charge < -0.3 is 22.5 Å². The number of carbonyl (C=O) groups is 2. The molecule has 9 nitrogen and oxygen atoms in total. The maximum absolute atomic E-state index is 12.4. The minimum atomic E-state index is -3.97. The molecular weight excluding hydrogens is 370 g/mol. The first-order valence-electron chi connectivity index (χ1n) is 8.00. The number of rotatable bonds is 6. The fourth-order valence-corrected chi connectivity index (χ4v) is 3.38. The molecule has 0 aliphatic heterocycles. The average molecular weight is 398 g/mol. The van der Waals surface area contributed by atoms with E-state index in [4.69, 9.17) is 5.73 Å². The standard InChI is InChI=1S/C15H17N3O4S.2CH5N/c1-17-15(20)13(9-14(16)19)18-23(21,22)12-7-6-10-4-2-3-5-11(10)8-12;2*1-2/h2-8,13,18H,9H2,1H3,(H2,16,19)(H,17,20);2*2H2,1H3/t13-;;/m0../s1. The number of nitrogens with one attached hydrogen (secondary N) is 2. The molecule has 0 saturated heterocycles. The lowest BCUT2D eigenvalue weighted by Gasteiger charge is -2.16. The van der Waals surface area contributed by atoms with Crippen LogP contribution in [-0.2, 0) is 19.6 Å². The molecule has 2 aromatic rings. The van der Waals surface area contributed by atoms with Crippen molar-refractivity contribution in [3.8, 4) is 0 Å². The van der Waals surface area contributed by atoms with Crippen molar-refractivity contribution >= 4 is 32.6 Å². The summed E-state index contributed by atoms with van der Waals surface area (Å²) in [5, 5.41) is 3.95. The van der Waals surface area contributed by atoms with E-state index in [1.807, 2.05) is 12.1 Å². The van der Waals surface area contributed by atoms with Gasteiger partial charge in [0.15, 0.2) is 0 Å². The van der Waals surface area contributed by atoms with Crippen LogP contribution in [0.5, 0.6) is 0 Å². The van der Waals surface area contributed by atoms with Crippen LogP contribution in [0.2, 0.25) is 0 Å². The molecule has 0 radical (unpaired) electrons. The summed E-state index contributed by atoms with van der Waals surface area (Å²) in [5.41, 5.74) is 14.1. The molecule has 2 aromatic carbocycles. The van der Waals surface area contributed by atoms with Crippen LogP contribution in [0.15, 0.2) is 47.4 Å². The van der Waals surface area contributed by atoms with Crippen molar-refractivity contribution < 1.29 is 18.0 Å². The van der Waals surface area contributed by atoms with Crippen LogP contribution in [0.3, 0.4) is 0 Å². The number of hydrogen-bond donors (Lipinski definition) is 5. The predicted octanol–water partition coefficient (Wildman–Crippen LogP) is -0.742. The summed E-state index contributed by atoms with van der Waals surface area (Å²) < 4.78 is 27.1. The van der Waals surface area contributed by atoms with Crippen LogP contribution in [0.1, 0.15) is 6.42 Å². The summed E-state index contributed by atoms with van der Waals surface area (Å²) in [6, 6.07) is 10.7. The van der Waals surface area contributed by atoms with Crippen molar-refractivity contribution in [1.29, 1.82) is 0 Å². The average Bonchev–Trinajstić information content (AvgIpc) is 2.69. The van der Waals surface area contributed by atoms with E-state index in [0.717, 1.165) is 10.8 Å². The molecule has 27 heavy (non-hydrogen) atoms. The molecule has 0 aromatic heterocycles. The second-order valence-electron chi connectivity index (χ2n) is 4.97. The molecule has 0 fully saturated rings. The van der Waals surface area contributed by atoms with Gasteiger partial charge in [0, 0.05) is 7.05 Å². The molecule has 0 spiro atoms. The Kier molecular flexibility index (Phi) is 10.8. The predicted molar refractivity (Wildman–Crippen MR) is 106 cm³/mol. The van der Waals surface area contributed by atoms with Gasteiger partial charge in [-0.1, -0.05) is 30.3 Å². The highest BCUT2D eigenvalue weighted by Crippen LogP contribution is 2.19. The smallest absolute Gasteiger partial charge is 0.241 e. The van der Waals surface area contributed by atoms with Crippen LogP contribution in [-0.4, -0.2) is 47.4 Å². The summed E-state index contributed by atoms with van der Waals surface area (Å²) in [6.07, 6.45) is -0.424. The molecule has 8 N–H and O–H groups in total. The van der Waals surface area contributed by atoms with E-state index in [2.05, 4.69) is 21.5 Å². The molecule has 0 aliphatic carbocycles. The monoisotopic (exact) mass is 397 g/mol. The first-order chi connectivity index (χ1) is 12.8. The summed E-state index contributed by atoms with van der Waals surface area (Å²) >= 11 is 0. The normalized spacial score (nSPS) is 11.3. The van der Waals surface area contributed by atoms with Gasteiger partial charge in [0.2, 0.25) is 21.8 Å². The fourth-order valence-electron chi connectivity index (χ4n) is 2.15. The van der Waals surface area contributed by atoms with Crippen molar-refractivity contribution in [3.63, 3.8) is 0 Å². The number of likely N-dealkylation sites (N-methyl/N-ethyl adjacent to an activating group) is 1. The maximum atomic E-state index is 12.4. The van der Waals surface area contributed by atoms with Crippen molar-refractivity contribution in [2.24, 2.45) is 17.2 Å². The van der Waals surface area contributed by atoms with Gasteiger partial charge in [-0.05, 0) is 37.0 Å². The highest BCUT2D eigenvalue weighted by molar-refractivity contribution is 7.89. The van der Waals surface area contributed by atoms with E-state index in [1.165, 1.54) is 33.3 Å².